The Morgan fingerprint density at radius 1 is 1.83 bits per heavy atom. The van der Waals surface area contributed by atoms with Crippen LogP contribution in [0, 0.1) is 5.92 Å². The molecule has 4 nitrogen and oxygen atoms in total. The van der Waals surface area contributed by atoms with Crippen molar-refractivity contribution in [1.29, 1.82) is 0 Å². The van der Waals surface area contributed by atoms with Gasteiger partial charge in [0.1, 0.15) is 5.69 Å². The maximum atomic E-state index is 11.4. The number of aromatic nitrogens is 2. The van der Waals surface area contributed by atoms with Crippen LogP contribution in [0.25, 0.3) is 0 Å². The van der Waals surface area contributed by atoms with E-state index in [1.54, 1.807) is 30.9 Å². The van der Waals surface area contributed by atoms with E-state index in [1.165, 1.54) is 0 Å². The van der Waals surface area contributed by atoms with Gasteiger partial charge in [-0.25, -0.2) is 0 Å². The summed E-state index contributed by atoms with van der Waals surface area (Å²) in [6.07, 6.45) is 1.75. The first-order valence-corrected chi connectivity index (χ1v) is 3.89. The van der Waals surface area contributed by atoms with Crippen molar-refractivity contribution in [2.45, 2.75) is 6.92 Å². The predicted molar refractivity (Wildman–Crippen MR) is 45.8 cm³/mol. The number of nitrogens with two attached hydrogens (primary N) is 1. The third-order valence-electron chi connectivity index (χ3n) is 1.77. The molecule has 1 atom stereocenters. The largest absolute Gasteiger partial charge is 0.330 e. The van der Waals surface area contributed by atoms with E-state index >= 15 is 0 Å². The van der Waals surface area contributed by atoms with Crippen LogP contribution in [-0.2, 0) is 7.05 Å². The fraction of sp³-hybridized carbons (Fsp3) is 0.500. The van der Waals surface area contributed by atoms with Crippen LogP contribution in [0.15, 0.2) is 12.3 Å². The third kappa shape index (κ3) is 1.71. The molecule has 0 bridgehead atoms. The number of ketones is 1. The van der Waals surface area contributed by atoms with E-state index in [-0.39, 0.29) is 11.7 Å². The second-order valence-electron chi connectivity index (χ2n) is 2.88. The highest BCUT2D eigenvalue weighted by atomic mass is 16.1. The second kappa shape index (κ2) is 3.49. The Morgan fingerprint density at radius 3 is 2.92 bits per heavy atom. The summed E-state index contributed by atoms with van der Waals surface area (Å²) in [4.78, 5) is 11.4. The van der Waals surface area contributed by atoms with Crippen LogP contribution in [0.3, 0.4) is 0 Å². The van der Waals surface area contributed by atoms with E-state index in [4.69, 9.17) is 5.73 Å². The van der Waals surface area contributed by atoms with Gasteiger partial charge in [-0.05, 0) is 6.07 Å². The highest BCUT2D eigenvalue weighted by molar-refractivity contribution is 5.95. The van der Waals surface area contributed by atoms with Crippen molar-refractivity contribution in [3.63, 3.8) is 0 Å². The summed E-state index contributed by atoms with van der Waals surface area (Å²) in [5.74, 6) is -0.127. The normalized spacial score (nSPS) is 12.9. The molecule has 0 saturated carbocycles. The summed E-state index contributed by atoms with van der Waals surface area (Å²) in [6, 6.07) is 1.70. The Labute approximate surface area is 71.4 Å². The van der Waals surface area contributed by atoms with Crippen molar-refractivity contribution in [3.05, 3.63) is 18.0 Å². The standard InChI is InChI=1S/C8H13N3O/c1-6(5-9)8(12)7-3-4-11(2)10-7/h3-4,6H,5,9H2,1-2H3. The number of aryl methyl sites for hydroxylation is 1. The average Bonchev–Trinajstić information content (AvgIpc) is 2.49. The van der Waals surface area contributed by atoms with Crippen LogP contribution in [0.4, 0.5) is 0 Å². The van der Waals surface area contributed by atoms with Crippen LogP contribution >= 0.6 is 0 Å². The number of carbonyl (C=O) groups excluding carboxylic acids is 1. The first kappa shape index (κ1) is 8.93. The van der Waals surface area contributed by atoms with Crippen molar-refractivity contribution >= 4 is 5.78 Å². The highest BCUT2D eigenvalue weighted by Gasteiger charge is 2.15. The lowest BCUT2D eigenvalue weighted by molar-refractivity contribution is 0.0928. The number of Topliss-reactive ketones (excluding diaryl/α,β-unsaturated/α-hetero) is 1. The third-order valence-corrected chi connectivity index (χ3v) is 1.77. The Balaban J connectivity index is 2.78. The topological polar surface area (TPSA) is 60.9 Å². The van der Waals surface area contributed by atoms with Crippen molar-refractivity contribution in [1.82, 2.24) is 9.78 Å². The fourth-order valence-corrected chi connectivity index (χ4v) is 0.906. The minimum absolute atomic E-state index is 0.0121. The molecule has 0 aliphatic rings. The van der Waals surface area contributed by atoms with Gasteiger partial charge in [0, 0.05) is 25.7 Å². The number of carbonyl (C=O) groups is 1. The summed E-state index contributed by atoms with van der Waals surface area (Å²) in [7, 11) is 1.78. The number of rotatable bonds is 3. The monoisotopic (exact) mass is 167 g/mol. The molecule has 0 aromatic carbocycles. The summed E-state index contributed by atoms with van der Waals surface area (Å²) in [5, 5.41) is 3.99. The van der Waals surface area contributed by atoms with E-state index in [2.05, 4.69) is 5.10 Å². The van der Waals surface area contributed by atoms with Crippen molar-refractivity contribution in [2.24, 2.45) is 18.7 Å². The summed E-state index contributed by atoms with van der Waals surface area (Å²) < 4.78 is 1.61. The molecule has 1 rings (SSSR count). The number of hydrogen-bond acceptors (Lipinski definition) is 3. The van der Waals surface area contributed by atoms with Gasteiger partial charge in [-0.1, -0.05) is 6.92 Å². The van der Waals surface area contributed by atoms with Gasteiger partial charge in [0.25, 0.3) is 0 Å². The van der Waals surface area contributed by atoms with Gasteiger partial charge in [-0.15, -0.1) is 0 Å². The Hall–Kier alpha value is -1.16. The van der Waals surface area contributed by atoms with Crippen LogP contribution in [0.1, 0.15) is 17.4 Å². The van der Waals surface area contributed by atoms with Crippen LogP contribution in [0.2, 0.25) is 0 Å². The summed E-state index contributed by atoms with van der Waals surface area (Å²) in [6.45, 7) is 2.17. The molecule has 2 N–H and O–H groups in total. The van der Waals surface area contributed by atoms with Crippen LogP contribution in [0.5, 0.6) is 0 Å². The minimum Gasteiger partial charge on any atom is -0.330 e. The molecule has 0 saturated heterocycles. The zero-order valence-electron chi connectivity index (χ0n) is 7.32. The van der Waals surface area contributed by atoms with Gasteiger partial charge in [0.05, 0.1) is 0 Å². The molecule has 1 heterocycles. The summed E-state index contributed by atoms with van der Waals surface area (Å²) >= 11 is 0. The fourth-order valence-electron chi connectivity index (χ4n) is 0.906. The van der Waals surface area contributed by atoms with Crippen LogP contribution in [-0.4, -0.2) is 22.1 Å². The van der Waals surface area contributed by atoms with Gasteiger partial charge in [0.2, 0.25) is 0 Å². The lowest BCUT2D eigenvalue weighted by atomic mass is 10.1. The predicted octanol–water partition coefficient (Wildman–Crippen LogP) is 0.198. The van der Waals surface area contributed by atoms with Crippen molar-refractivity contribution in [3.8, 4) is 0 Å². The van der Waals surface area contributed by atoms with Gasteiger partial charge >= 0.3 is 0 Å². The molecule has 0 fully saturated rings. The zero-order valence-corrected chi connectivity index (χ0v) is 7.32. The Kier molecular flexibility index (Phi) is 2.60. The minimum atomic E-state index is -0.139. The second-order valence-corrected chi connectivity index (χ2v) is 2.88. The smallest absolute Gasteiger partial charge is 0.187 e. The van der Waals surface area contributed by atoms with E-state index in [0.717, 1.165) is 0 Å². The Bertz CT molecular complexity index is 280. The Morgan fingerprint density at radius 2 is 2.50 bits per heavy atom. The van der Waals surface area contributed by atoms with Crippen molar-refractivity contribution in [2.75, 3.05) is 6.54 Å². The van der Waals surface area contributed by atoms with Gasteiger partial charge in [-0.2, -0.15) is 5.10 Å². The van der Waals surface area contributed by atoms with E-state index in [0.29, 0.717) is 12.2 Å². The molecule has 12 heavy (non-hydrogen) atoms. The first-order chi connectivity index (χ1) is 5.65. The van der Waals surface area contributed by atoms with Gasteiger partial charge in [-0.3, -0.25) is 9.48 Å². The first-order valence-electron chi connectivity index (χ1n) is 3.89. The van der Waals surface area contributed by atoms with E-state index < -0.39 is 0 Å². The molecule has 0 aliphatic carbocycles. The van der Waals surface area contributed by atoms with E-state index in [1.807, 2.05) is 0 Å². The van der Waals surface area contributed by atoms with Crippen LogP contribution < -0.4 is 5.73 Å². The lowest BCUT2D eigenvalue weighted by Crippen LogP contribution is -2.21. The zero-order chi connectivity index (χ0) is 9.14. The van der Waals surface area contributed by atoms with Gasteiger partial charge < -0.3 is 5.73 Å². The molecule has 1 aromatic heterocycles. The maximum Gasteiger partial charge on any atom is 0.187 e. The lowest BCUT2D eigenvalue weighted by Gasteiger charge is -2.02. The SMILES string of the molecule is CC(CN)C(=O)c1ccn(C)n1. The molecule has 0 aliphatic heterocycles. The van der Waals surface area contributed by atoms with Crippen molar-refractivity contribution < 1.29 is 4.79 Å². The molecular weight excluding hydrogens is 154 g/mol. The quantitative estimate of drug-likeness (QED) is 0.654. The molecule has 1 unspecified atom stereocenters. The molecule has 0 amide bonds. The molecule has 0 spiro atoms. The average molecular weight is 167 g/mol. The number of nitrogens with zero attached hydrogens (tertiary/aromatic N) is 2. The maximum absolute atomic E-state index is 11.4. The van der Waals surface area contributed by atoms with E-state index in [9.17, 15) is 4.79 Å². The molecule has 4 heteroatoms. The highest BCUT2D eigenvalue weighted by Crippen LogP contribution is 2.04. The molecule has 0 radical (unpaired) electrons. The number of hydrogen-bond donors (Lipinski definition) is 1. The molecule has 66 valence electrons. The molecule has 1 aromatic rings. The summed E-state index contributed by atoms with van der Waals surface area (Å²) in [5.41, 5.74) is 5.86. The van der Waals surface area contributed by atoms with Gasteiger partial charge in [0.15, 0.2) is 5.78 Å². The molecular formula is C8H13N3O.